The van der Waals surface area contributed by atoms with Crippen LogP contribution >= 0.6 is 0 Å². The van der Waals surface area contributed by atoms with Crippen LogP contribution in [0.5, 0.6) is 0 Å². The van der Waals surface area contributed by atoms with E-state index in [0.29, 0.717) is 12.0 Å². The van der Waals surface area contributed by atoms with Gasteiger partial charge in [0, 0.05) is 12.1 Å². The molecule has 0 aromatic heterocycles. The molecule has 0 aromatic rings. The van der Waals surface area contributed by atoms with Gasteiger partial charge in [-0.15, -0.1) is 0 Å². The van der Waals surface area contributed by atoms with Crippen LogP contribution in [-0.4, -0.2) is 18.1 Å². The van der Waals surface area contributed by atoms with E-state index in [4.69, 9.17) is 0 Å². The Morgan fingerprint density at radius 3 is 2.50 bits per heavy atom. The fourth-order valence-corrected chi connectivity index (χ4v) is 1.48. The molecule has 2 unspecified atom stereocenters. The smallest absolute Gasteiger partial charge is 0.315 e. The molecule has 1 aliphatic carbocycles. The van der Waals surface area contributed by atoms with Crippen molar-refractivity contribution in [1.82, 2.24) is 10.6 Å². The quantitative estimate of drug-likeness (QED) is 0.715. The summed E-state index contributed by atoms with van der Waals surface area (Å²) in [7, 11) is 0. The molecular formula is C11H22N2O. The topological polar surface area (TPSA) is 41.1 Å². The van der Waals surface area contributed by atoms with Crippen molar-refractivity contribution in [3.05, 3.63) is 0 Å². The molecule has 3 nitrogen and oxygen atoms in total. The van der Waals surface area contributed by atoms with Crippen molar-refractivity contribution >= 4 is 6.03 Å². The van der Waals surface area contributed by atoms with E-state index in [1.54, 1.807) is 0 Å². The van der Waals surface area contributed by atoms with E-state index < -0.39 is 0 Å². The minimum Gasteiger partial charge on any atom is -0.335 e. The van der Waals surface area contributed by atoms with Gasteiger partial charge in [-0.2, -0.15) is 0 Å². The van der Waals surface area contributed by atoms with E-state index in [1.165, 1.54) is 6.42 Å². The van der Waals surface area contributed by atoms with Gasteiger partial charge in [0.05, 0.1) is 0 Å². The number of urea groups is 1. The highest BCUT2D eigenvalue weighted by atomic mass is 16.2. The lowest BCUT2D eigenvalue weighted by atomic mass is 9.93. The molecule has 0 heterocycles. The maximum Gasteiger partial charge on any atom is 0.315 e. The van der Waals surface area contributed by atoms with Crippen molar-refractivity contribution in [2.45, 2.75) is 58.5 Å². The molecular weight excluding hydrogens is 176 g/mol. The summed E-state index contributed by atoms with van der Waals surface area (Å²) in [5.41, 5.74) is 0. The van der Waals surface area contributed by atoms with Crippen LogP contribution in [-0.2, 0) is 0 Å². The summed E-state index contributed by atoms with van der Waals surface area (Å²) in [6.45, 7) is 6.37. The molecule has 14 heavy (non-hydrogen) atoms. The molecule has 0 bridgehead atoms. The Kier molecular flexibility index (Phi) is 4.23. The number of hydrogen-bond acceptors (Lipinski definition) is 1. The van der Waals surface area contributed by atoms with Crippen LogP contribution in [0.15, 0.2) is 0 Å². The summed E-state index contributed by atoms with van der Waals surface area (Å²) in [5, 5.41) is 5.96. The zero-order valence-corrected chi connectivity index (χ0v) is 9.47. The van der Waals surface area contributed by atoms with Gasteiger partial charge in [0.2, 0.25) is 0 Å². The first-order chi connectivity index (χ1) is 6.63. The standard InChI is InChI=1S/C11H22N2O/c1-4-8(2)9(3)12-11(14)13-10-6-5-7-10/h8-10H,4-7H2,1-3H3,(H2,12,13,14). The van der Waals surface area contributed by atoms with Gasteiger partial charge in [-0.3, -0.25) is 0 Å². The monoisotopic (exact) mass is 198 g/mol. The molecule has 1 aliphatic rings. The second-order valence-electron chi connectivity index (χ2n) is 4.42. The Hall–Kier alpha value is -0.730. The highest BCUT2D eigenvalue weighted by Crippen LogP contribution is 2.17. The minimum atomic E-state index is 0.00231. The van der Waals surface area contributed by atoms with Gasteiger partial charge in [-0.25, -0.2) is 4.79 Å². The number of hydrogen-bond donors (Lipinski definition) is 2. The number of nitrogens with one attached hydrogen (secondary N) is 2. The van der Waals surface area contributed by atoms with E-state index in [-0.39, 0.29) is 12.1 Å². The van der Waals surface area contributed by atoms with Crippen molar-refractivity contribution in [3.8, 4) is 0 Å². The SMILES string of the molecule is CCC(C)C(C)NC(=O)NC1CCC1. The fourth-order valence-electron chi connectivity index (χ4n) is 1.48. The second kappa shape index (κ2) is 5.23. The van der Waals surface area contributed by atoms with Crippen molar-refractivity contribution in [2.75, 3.05) is 0 Å². The molecule has 1 fully saturated rings. The third-order valence-corrected chi connectivity index (χ3v) is 3.30. The lowest BCUT2D eigenvalue weighted by Crippen LogP contribution is -2.49. The molecule has 2 N–H and O–H groups in total. The maximum absolute atomic E-state index is 11.5. The Labute approximate surface area is 86.6 Å². The Morgan fingerprint density at radius 2 is 2.07 bits per heavy atom. The lowest BCUT2D eigenvalue weighted by Gasteiger charge is -2.28. The van der Waals surface area contributed by atoms with Crippen LogP contribution in [0.4, 0.5) is 4.79 Å². The molecule has 2 atom stereocenters. The molecule has 0 aliphatic heterocycles. The van der Waals surface area contributed by atoms with Gasteiger partial charge in [-0.05, 0) is 32.1 Å². The second-order valence-corrected chi connectivity index (χ2v) is 4.42. The van der Waals surface area contributed by atoms with Gasteiger partial charge < -0.3 is 10.6 Å². The van der Waals surface area contributed by atoms with Gasteiger partial charge in [0.15, 0.2) is 0 Å². The molecule has 82 valence electrons. The lowest BCUT2D eigenvalue weighted by molar-refractivity contribution is 0.221. The van der Waals surface area contributed by atoms with Crippen LogP contribution in [0.2, 0.25) is 0 Å². The fraction of sp³-hybridized carbons (Fsp3) is 0.909. The van der Waals surface area contributed by atoms with Crippen molar-refractivity contribution in [2.24, 2.45) is 5.92 Å². The summed E-state index contributed by atoms with van der Waals surface area (Å²) < 4.78 is 0. The molecule has 0 aromatic carbocycles. The Morgan fingerprint density at radius 1 is 1.43 bits per heavy atom. The summed E-state index contributed by atoms with van der Waals surface area (Å²) in [6, 6.07) is 0.696. The van der Waals surface area contributed by atoms with E-state index >= 15 is 0 Å². The first-order valence-electron chi connectivity index (χ1n) is 5.70. The van der Waals surface area contributed by atoms with E-state index in [1.807, 2.05) is 0 Å². The number of rotatable bonds is 4. The Bertz CT molecular complexity index is 190. The third-order valence-electron chi connectivity index (χ3n) is 3.30. The first kappa shape index (κ1) is 11.3. The third kappa shape index (κ3) is 3.20. The summed E-state index contributed by atoms with van der Waals surface area (Å²) in [5.74, 6) is 0.544. The first-order valence-corrected chi connectivity index (χ1v) is 5.70. The molecule has 0 spiro atoms. The van der Waals surface area contributed by atoms with Gasteiger partial charge in [0.25, 0.3) is 0 Å². The molecule has 0 radical (unpaired) electrons. The van der Waals surface area contributed by atoms with Crippen molar-refractivity contribution in [1.29, 1.82) is 0 Å². The number of carbonyl (C=O) groups is 1. The summed E-state index contributed by atoms with van der Waals surface area (Å²) in [4.78, 5) is 11.5. The van der Waals surface area contributed by atoms with Crippen molar-refractivity contribution in [3.63, 3.8) is 0 Å². The van der Waals surface area contributed by atoms with Gasteiger partial charge in [-0.1, -0.05) is 20.3 Å². The normalized spacial score (nSPS) is 20.8. The highest BCUT2D eigenvalue weighted by Gasteiger charge is 2.20. The largest absolute Gasteiger partial charge is 0.335 e. The number of amides is 2. The molecule has 3 heteroatoms. The maximum atomic E-state index is 11.5. The van der Waals surface area contributed by atoms with Crippen LogP contribution in [0.3, 0.4) is 0 Å². The molecule has 0 saturated heterocycles. The van der Waals surface area contributed by atoms with Crippen LogP contribution in [0, 0.1) is 5.92 Å². The highest BCUT2D eigenvalue weighted by molar-refractivity contribution is 5.74. The molecule has 1 saturated carbocycles. The van der Waals surface area contributed by atoms with Crippen LogP contribution in [0.25, 0.3) is 0 Å². The average molecular weight is 198 g/mol. The van der Waals surface area contributed by atoms with E-state index in [0.717, 1.165) is 19.3 Å². The molecule has 1 rings (SSSR count). The zero-order chi connectivity index (χ0) is 10.6. The van der Waals surface area contributed by atoms with Gasteiger partial charge in [0.1, 0.15) is 0 Å². The van der Waals surface area contributed by atoms with E-state index in [9.17, 15) is 4.79 Å². The zero-order valence-electron chi connectivity index (χ0n) is 9.47. The predicted molar refractivity (Wildman–Crippen MR) is 58.2 cm³/mol. The average Bonchev–Trinajstić information content (AvgIpc) is 2.10. The van der Waals surface area contributed by atoms with Gasteiger partial charge >= 0.3 is 6.03 Å². The van der Waals surface area contributed by atoms with Crippen molar-refractivity contribution < 1.29 is 4.79 Å². The summed E-state index contributed by atoms with van der Waals surface area (Å²) in [6.07, 6.45) is 4.65. The van der Waals surface area contributed by atoms with E-state index in [2.05, 4.69) is 31.4 Å². The predicted octanol–water partition coefficient (Wildman–Crippen LogP) is 2.27. The summed E-state index contributed by atoms with van der Waals surface area (Å²) >= 11 is 0. The molecule has 2 amide bonds. The number of carbonyl (C=O) groups excluding carboxylic acids is 1. The van der Waals surface area contributed by atoms with Crippen LogP contribution in [0.1, 0.15) is 46.5 Å². The minimum absolute atomic E-state index is 0.00231. The Balaban J connectivity index is 2.18. The van der Waals surface area contributed by atoms with Crippen LogP contribution < -0.4 is 10.6 Å².